The molecule has 2 aliphatic heterocycles. The average molecular weight is 358 g/mol. The molecule has 3 atom stereocenters. The van der Waals surface area contributed by atoms with Crippen molar-refractivity contribution < 1.29 is 18.3 Å². The van der Waals surface area contributed by atoms with Gasteiger partial charge in [0.1, 0.15) is 22.9 Å². The Morgan fingerprint density at radius 3 is 2.50 bits per heavy atom. The van der Waals surface area contributed by atoms with E-state index in [1.54, 1.807) is 4.90 Å². The van der Waals surface area contributed by atoms with Gasteiger partial charge in [0.05, 0.1) is 13.2 Å². The number of rotatable bonds is 3. The predicted molar refractivity (Wildman–Crippen MR) is 93.0 cm³/mol. The number of hydrogen-bond acceptors (Lipinski definition) is 3. The quantitative estimate of drug-likeness (QED) is 0.917. The highest BCUT2D eigenvalue weighted by molar-refractivity contribution is 5.95. The van der Waals surface area contributed by atoms with Gasteiger partial charge in [-0.3, -0.25) is 4.79 Å². The summed E-state index contributed by atoms with van der Waals surface area (Å²) in [6.07, 6.45) is 0. The lowest BCUT2D eigenvalue weighted by molar-refractivity contribution is 0.0704. The van der Waals surface area contributed by atoms with Gasteiger partial charge in [-0.05, 0) is 11.5 Å². The highest BCUT2D eigenvalue weighted by Crippen LogP contribution is 2.43. The smallest absolute Gasteiger partial charge is 0.260 e. The van der Waals surface area contributed by atoms with Crippen molar-refractivity contribution in [3.05, 3.63) is 65.2 Å². The number of hydrogen-bond donors (Lipinski definition) is 1. The Morgan fingerprint density at radius 2 is 1.85 bits per heavy atom. The number of halogens is 2. The van der Waals surface area contributed by atoms with Crippen LogP contribution in [0.1, 0.15) is 22.0 Å². The summed E-state index contributed by atoms with van der Waals surface area (Å²) in [5.74, 6) is -1.81. The fraction of sp³-hybridized carbons (Fsp3) is 0.350. The van der Waals surface area contributed by atoms with Crippen molar-refractivity contribution >= 4 is 5.91 Å². The molecule has 0 radical (unpaired) electrons. The minimum Gasteiger partial charge on any atom is -0.497 e. The van der Waals surface area contributed by atoms with Crippen LogP contribution in [0.15, 0.2) is 42.5 Å². The summed E-state index contributed by atoms with van der Waals surface area (Å²) in [5.41, 5.74) is 0.478. The number of methoxy groups -OCH3 is 1. The van der Waals surface area contributed by atoms with E-state index >= 15 is 0 Å². The Bertz CT molecular complexity index is 805. The first kappa shape index (κ1) is 17.0. The second-order valence-corrected chi connectivity index (χ2v) is 6.86. The molecular weight excluding hydrogens is 338 g/mol. The van der Waals surface area contributed by atoms with E-state index in [0.29, 0.717) is 6.54 Å². The number of amides is 1. The maximum Gasteiger partial charge on any atom is 0.260 e. The summed E-state index contributed by atoms with van der Waals surface area (Å²) < 4.78 is 33.8. The first-order valence-electron chi connectivity index (χ1n) is 8.70. The number of carbonyl (C=O) groups is 1. The Labute approximate surface area is 150 Å². The van der Waals surface area contributed by atoms with Crippen molar-refractivity contribution in [1.29, 1.82) is 0 Å². The molecule has 1 amide bonds. The predicted octanol–water partition coefficient (Wildman–Crippen LogP) is 3.01. The molecule has 0 spiro atoms. The van der Waals surface area contributed by atoms with Gasteiger partial charge in [0.15, 0.2) is 0 Å². The van der Waals surface area contributed by atoms with Crippen molar-refractivity contribution in [2.24, 2.45) is 11.8 Å². The van der Waals surface area contributed by atoms with Crippen LogP contribution >= 0.6 is 0 Å². The molecule has 2 aromatic carbocycles. The van der Waals surface area contributed by atoms with Crippen molar-refractivity contribution in [2.45, 2.75) is 6.04 Å². The molecule has 4 rings (SSSR count). The van der Waals surface area contributed by atoms with Crippen LogP contribution in [0.5, 0.6) is 5.75 Å². The normalized spacial score (nSPS) is 24.6. The van der Waals surface area contributed by atoms with Gasteiger partial charge in [0.2, 0.25) is 0 Å². The molecule has 26 heavy (non-hydrogen) atoms. The van der Waals surface area contributed by atoms with Crippen LogP contribution in [0.4, 0.5) is 8.78 Å². The monoisotopic (exact) mass is 358 g/mol. The van der Waals surface area contributed by atoms with E-state index in [4.69, 9.17) is 4.74 Å². The van der Waals surface area contributed by atoms with Gasteiger partial charge in [0, 0.05) is 37.7 Å². The average Bonchev–Trinajstić information content (AvgIpc) is 3.22. The molecule has 0 saturated carbocycles. The molecule has 2 heterocycles. The zero-order chi connectivity index (χ0) is 18.3. The molecule has 0 unspecified atom stereocenters. The fourth-order valence-corrected chi connectivity index (χ4v) is 4.22. The number of likely N-dealkylation sites (tertiary alicyclic amines) is 1. The van der Waals surface area contributed by atoms with E-state index in [-0.39, 0.29) is 23.6 Å². The third kappa shape index (κ3) is 2.74. The van der Waals surface area contributed by atoms with Gasteiger partial charge >= 0.3 is 0 Å². The summed E-state index contributed by atoms with van der Waals surface area (Å²) in [6.45, 7) is 2.09. The molecule has 2 saturated heterocycles. The number of fused-ring (bicyclic) bond motifs is 1. The second-order valence-electron chi connectivity index (χ2n) is 6.86. The Morgan fingerprint density at radius 1 is 1.15 bits per heavy atom. The molecule has 2 aromatic rings. The van der Waals surface area contributed by atoms with Gasteiger partial charge in [-0.15, -0.1) is 0 Å². The van der Waals surface area contributed by atoms with E-state index in [2.05, 4.69) is 5.32 Å². The van der Waals surface area contributed by atoms with E-state index in [1.165, 1.54) is 7.11 Å². The molecule has 4 nitrogen and oxygen atoms in total. The Balaban J connectivity index is 1.73. The van der Waals surface area contributed by atoms with E-state index < -0.39 is 23.1 Å². The lowest BCUT2D eigenvalue weighted by atomic mass is 9.89. The lowest BCUT2D eigenvalue weighted by Gasteiger charge is -2.28. The van der Waals surface area contributed by atoms with Crippen molar-refractivity contribution in [3.63, 3.8) is 0 Å². The maximum absolute atomic E-state index is 14.4. The molecule has 0 aromatic heterocycles. The first-order valence-corrected chi connectivity index (χ1v) is 8.70. The van der Waals surface area contributed by atoms with Gasteiger partial charge in [-0.1, -0.05) is 30.3 Å². The zero-order valence-corrected chi connectivity index (χ0v) is 14.4. The fourth-order valence-electron chi connectivity index (χ4n) is 4.22. The second kappa shape index (κ2) is 6.68. The largest absolute Gasteiger partial charge is 0.497 e. The Hall–Kier alpha value is -2.47. The van der Waals surface area contributed by atoms with Crippen LogP contribution in [-0.4, -0.2) is 37.6 Å². The van der Waals surface area contributed by atoms with Crippen LogP contribution in [0.2, 0.25) is 0 Å². The molecule has 6 heteroatoms. The van der Waals surface area contributed by atoms with Crippen molar-refractivity contribution in [1.82, 2.24) is 10.2 Å². The molecular formula is C20H20F2N2O2. The number of nitrogens with one attached hydrogen (secondary N) is 1. The van der Waals surface area contributed by atoms with Crippen LogP contribution in [0.25, 0.3) is 0 Å². The van der Waals surface area contributed by atoms with Crippen molar-refractivity contribution in [2.75, 3.05) is 26.7 Å². The lowest BCUT2D eigenvalue weighted by Crippen LogP contribution is -2.35. The van der Waals surface area contributed by atoms with E-state index in [0.717, 1.165) is 30.8 Å². The highest BCUT2D eigenvalue weighted by atomic mass is 19.1. The standard InChI is InChI=1S/C20H20F2N2O2/c1-26-14-7-16(21)18(17(22)8-14)20(25)24-11-13-9-23-10-15(13)19(24)12-5-3-2-4-6-12/h2-8,13,15,19,23H,9-11H2,1H3/t13-,15-,19+/m0/s1. The molecule has 0 bridgehead atoms. The van der Waals surface area contributed by atoms with Gasteiger partial charge in [0.25, 0.3) is 5.91 Å². The van der Waals surface area contributed by atoms with E-state index in [9.17, 15) is 13.6 Å². The summed E-state index contributed by atoms with van der Waals surface area (Å²) in [7, 11) is 1.33. The van der Waals surface area contributed by atoms with Crippen LogP contribution in [0.3, 0.4) is 0 Å². The number of carbonyl (C=O) groups excluding carboxylic acids is 1. The van der Waals surface area contributed by atoms with Crippen LogP contribution in [0, 0.1) is 23.5 Å². The summed E-state index contributed by atoms with van der Waals surface area (Å²) in [6, 6.07) is 11.6. The number of nitrogens with zero attached hydrogens (tertiary/aromatic N) is 1. The van der Waals surface area contributed by atoms with Gasteiger partial charge in [-0.2, -0.15) is 0 Å². The minimum absolute atomic E-state index is 0.0543. The minimum atomic E-state index is -0.895. The maximum atomic E-state index is 14.4. The highest BCUT2D eigenvalue weighted by Gasteiger charge is 2.47. The summed E-state index contributed by atoms with van der Waals surface area (Å²) in [4.78, 5) is 14.7. The molecule has 136 valence electrons. The van der Waals surface area contributed by atoms with Gasteiger partial charge in [-0.25, -0.2) is 8.78 Å². The summed E-state index contributed by atoms with van der Waals surface area (Å²) in [5, 5.41) is 3.36. The zero-order valence-electron chi connectivity index (χ0n) is 14.4. The molecule has 0 aliphatic carbocycles. The van der Waals surface area contributed by atoms with Crippen LogP contribution < -0.4 is 10.1 Å². The topological polar surface area (TPSA) is 41.6 Å². The molecule has 1 N–H and O–H groups in total. The third-order valence-electron chi connectivity index (χ3n) is 5.43. The third-order valence-corrected chi connectivity index (χ3v) is 5.43. The van der Waals surface area contributed by atoms with Crippen LogP contribution in [-0.2, 0) is 0 Å². The molecule has 2 fully saturated rings. The number of ether oxygens (including phenoxy) is 1. The van der Waals surface area contributed by atoms with Crippen molar-refractivity contribution in [3.8, 4) is 5.75 Å². The first-order chi connectivity index (χ1) is 12.6. The van der Waals surface area contributed by atoms with Gasteiger partial charge < -0.3 is 15.0 Å². The van der Waals surface area contributed by atoms with E-state index in [1.807, 2.05) is 30.3 Å². The Kier molecular flexibility index (Phi) is 4.36. The SMILES string of the molecule is COc1cc(F)c(C(=O)N2C[C@@H]3CNC[C@@H]3[C@H]2c2ccccc2)c(F)c1. The number of benzene rings is 2. The summed E-state index contributed by atoms with van der Waals surface area (Å²) >= 11 is 0. The molecule has 2 aliphatic rings.